The van der Waals surface area contributed by atoms with Crippen molar-refractivity contribution in [3.63, 3.8) is 0 Å². The van der Waals surface area contributed by atoms with Crippen LogP contribution in [-0.2, 0) is 6.54 Å². The summed E-state index contributed by atoms with van der Waals surface area (Å²) < 4.78 is 0. The Morgan fingerprint density at radius 1 is 1.39 bits per heavy atom. The van der Waals surface area contributed by atoms with Gasteiger partial charge in [-0.05, 0) is 55.9 Å². The van der Waals surface area contributed by atoms with Crippen LogP contribution in [0.25, 0.3) is 0 Å². The fourth-order valence-corrected chi connectivity index (χ4v) is 2.55. The van der Waals surface area contributed by atoms with Crippen LogP contribution in [0.15, 0.2) is 18.2 Å². The number of benzene rings is 1. The Labute approximate surface area is 110 Å². The fourth-order valence-electron chi connectivity index (χ4n) is 2.55. The lowest BCUT2D eigenvalue weighted by Gasteiger charge is -2.39. The second-order valence-corrected chi connectivity index (χ2v) is 5.17. The molecule has 0 atom stereocenters. The smallest absolute Gasteiger partial charge is 0.0447 e. The summed E-state index contributed by atoms with van der Waals surface area (Å²) >= 11 is 0. The number of hydrogen-bond donors (Lipinski definition) is 2. The number of nitrogens with two attached hydrogens (primary N) is 1. The molecule has 100 valence electrons. The van der Waals surface area contributed by atoms with Crippen LogP contribution in [0.5, 0.6) is 0 Å². The van der Waals surface area contributed by atoms with Gasteiger partial charge in [-0.3, -0.25) is 0 Å². The second-order valence-electron chi connectivity index (χ2n) is 5.17. The van der Waals surface area contributed by atoms with E-state index in [9.17, 15) is 0 Å². The second kappa shape index (κ2) is 6.21. The number of rotatable bonds is 6. The molecule has 0 bridgehead atoms. The van der Waals surface area contributed by atoms with Crippen LogP contribution in [0.1, 0.15) is 36.8 Å². The minimum absolute atomic E-state index is 0.267. The van der Waals surface area contributed by atoms with E-state index in [0.29, 0.717) is 12.6 Å². The Kier molecular flexibility index (Phi) is 4.61. The molecule has 18 heavy (non-hydrogen) atoms. The first kappa shape index (κ1) is 13.4. The van der Waals surface area contributed by atoms with Crippen molar-refractivity contribution in [3.05, 3.63) is 29.3 Å². The van der Waals surface area contributed by atoms with Crippen LogP contribution in [-0.4, -0.2) is 24.3 Å². The maximum Gasteiger partial charge on any atom is 0.0447 e. The van der Waals surface area contributed by atoms with Gasteiger partial charge in [0.2, 0.25) is 0 Å². The van der Waals surface area contributed by atoms with E-state index in [1.807, 2.05) is 0 Å². The summed E-state index contributed by atoms with van der Waals surface area (Å²) in [4.78, 5) is 2.45. The molecule has 1 aromatic rings. The lowest BCUT2D eigenvalue weighted by atomic mass is 9.90. The van der Waals surface area contributed by atoms with Crippen LogP contribution in [0.4, 0.5) is 5.69 Å². The lowest BCUT2D eigenvalue weighted by molar-refractivity contribution is 0.283. The SMILES string of the molecule is Cc1cc(N(CCCO)C2CCC2)ccc1CN. The maximum absolute atomic E-state index is 9.03. The molecule has 0 spiro atoms. The highest BCUT2D eigenvalue weighted by Gasteiger charge is 2.24. The molecule has 0 aliphatic heterocycles. The van der Waals surface area contributed by atoms with Crippen molar-refractivity contribution in [1.82, 2.24) is 0 Å². The summed E-state index contributed by atoms with van der Waals surface area (Å²) in [6.45, 7) is 3.94. The molecule has 1 aliphatic rings. The first-order valence-electron chi connectivity index (χ1n) is 6.93. The van der Waals surface area contributed by atoms with Crippen molar-refractivity contribution in [2.45, 2.75) is 45.2 Å². The fraction of sp³-hybridized carbons (Fsp3) is 0.600. The van der Waals surface area contributed by atoms with Gasteiger partial charge in [0, 0.05) is 31.4 Å². The highest BCUT2D eigenvalue weighted by molar-refractivity contribution is 5.52. The molecule has 0 heterocycles. The monoisotopic (exact) mass is 248 g/mol. The molecule has 3 nitrogen and oxygen atoms in total. The molecule has 0 radical (unpaired) electrons. The quantitative estimate of drug-likeness (QED) is 0.811. The molecule has 0 saturated heterocycles. The number of anilines is 1. The molecule has 1 fully saturated rings. The minimum atomic E-state index is 0.267. The van der Waals surface area contributed by atoms with Gasteiger partial charge < -0.3 is 15.7 Å². The zero-order chi connectivity index (χ0) is 13.0. The van der Waals surface area contributed by atoms with Gasteiger partial charge in [0.25, 0.3) is 0 Å². The number of hydrogen-bond acceptors (Lipinski definition) is 3. The van der Waals surface area contributed by atoms with Crippen molar-refractivity contribution in [3.8, 4) is 0 Å². The molecule has 3 N–H and O–H groups in total. The van der Waals surface area contributed by atoms with E-state index in [1.54, 1.807) is 0 Å². The highest BCUT2D eigenvalue weighted by Crippen LogP contribution is 2.30. The normalized spacial score (nSPS) is 15.5. The Balaban J connectivity index is 2.15. The largest absolute Gasteiger partial charge is 0.396 e. The van der Waals surface area contributed by atoms with E-state index in [4.69, 9.17) is 10.8 Å². The van der Waals surface area contributed by atoms with Crippen LogP contribution in [0.2, 0.25) is 0 Å². The van der Waals surface area contributed by atoms with Gasteiger partial charge in [0.1, 0.15) is 0 Å². The van der Waals surface area contributed by atoms with Gasteiger partial charge in [-0.1, -0.05) is 6.07 Å². The van der Waals surface area contributed by atoms with Gasteiger partial charge >= 0.3 is 0 Å². The third-order valence-corrected chi connectivity index (χ3v) is 3.95. The molecule has 3 heteroatoms. The molecule has 1 saturated carbocycles. The number of aliphatic hydroxyl groups excluding tert-OH is 1. The predicted molar refractivity (Wildman–Crippen MR) is 75.8 cm³/mol. The van der Waals surface area contributed by atoms with E-state index in [2.05, 4.69) is 30.0 Å². The maximum atomic E-state index is 9.03. The molecular formula is C15H24N2O. The highest BCUT2D eigenvalue weighted by atomic mass is 16.3. The third-order valence-electron chi connectivity index (χ3n) is 3.95. The van der Waals surface area contributed by atoms with Crippen LogP contribution >= 0.6 is 0 Å². The lowest BCUT2D eigenvalue weighted by Crippen LogP contribution is -2.41. The number of aryl methyl sites for hydroxylation is 1. The topological polar surface area (TPSA) is 49.5 Å². The molecule has 2 rings (SSSR count). The first-order valence-corrected chi connectivity index (χ1v) is 6.93. The summed E-state index contributed by atoms with van der Waals surface area (Å²) in [7, 11) is 0. The van der Waals surface area contributed by atoms with Crippen molar-refractivity contribution in [1.29, 1.82) is 0 Å². The number of nitrogens with zero attached hydrogens (tertiary/aromatic N) is 1. The van der Waals surface area contributed by atoms with Crippen molar-refractivity contribution < 1.29 is 5.11 Å². The van der Waals surface area contributed by atoms with Crippen molar-refractivity contribution >= 4 is 5.69 Å². The summed E-state index contributed by atoms with van der Waals surface area (Å²) in [5, 5.41) is 9.03. The standard InChI is InChI=1S/C15H24N2O/c1-12-10-15(7-6-13(12)11-16)17(8-3-9-18)14-4-2-5-14/h6-7,10,14,18H,2-5,8-9,11,16H2,1H3. The number of aliphatic hydroxyl groups is 1. The van der Waals surface area contributed by atoms with Gasteiger partial charge in [0.15, 0.2) is 0 Å². The Bertz CT molecular complexity index is 388. The van der Waals surface area contributed by atoms with Crippen molar-refractivity contribution in [2.75, 3.05) is 18.1 Å². The molecule has 0 unspecified atom stereocenters. The molecule has 0 amide bonds. The molecule has 1 aromatic carbocycles. The first-order chi connectivity index (χ1) is 8.76. The van der Waals surface area contributed by atoms with Gasteiger partial charge in [-0.2, -0.15) is 0 Å². The van der Waals surface area contributed by atoms with E-state index >= 15 is 0 Å². The van der Waals surface area contributed by atoms with Crippen LogP contribution in [0.3, 0.4) is 0 Å². The minimum Gasteiger partial charge on any atom is -0.396 e. The predicted octanol–water partition coefficient (Wildman–Crippen LogP) is 2.20. The van der Waals surface area contributed by atoms with E-state index in [0.717, 1.165) is 13.0 Å². The molecular weight excluding hydrogens is 224 g/mol. The third kappa shape index (κ3) is 2.85. The summed E-state index contributed by atoms with van der Waals surface area (Å²) in [5.74, 6) is 0. The average Bonchev–Trinajstić information content (AvgIpc) is 2.32. The van der Waals surface area contributed by atoms with Gasteiger partial charge in [-0.15, -0.1) is 0 Å². The van der Waals surface area contributed by atoms with Crippen LogP contribution in [0, 0.1) is 6.92 Å². The van der Waals surface area contributed by atoms with Gasteiger partial charge in [-0.25, -0.2) is 0 Å². The van der Waals surface area contributed by atoms with E-state index in [1.165, 1.54) is 36.1 Å². The van der Waals surface area contributed by atoms with Crippen molar-refractivity contribution in [2.24, 2.45) is 5.73 Å². The average molecular weight is 248 g/mol. The van der Waals surface area contributed by atoms with E-state index in [-0.39, 0.29) is 6.61 Å². The molecule has 0 aromatic heterocycles. The Hall–Kier alpha value is -1.06. The van der Waals surface area contributed by atoms with Gasteiger partial charge in [0.05, 0.1) is 0 Å². The van der Waals surface area contributed by atoms with E-state index < -0.39 is 0 Å². The zero-order valence-corrected chi connectivity index (χ0v) is 11.2. The Morgan fingerprint density at radius 2 is 2.17 bits per heavy atom. The molecule has 1 aliphatic carbocycles. The zero-order valence-electron chi connectivity index (χ0n) is 11.2. The summed E-state index contributed by atoms with van der Waals surface area (Å²) in [5.41, 5.74) is 9.47. The Morgan fingerprint density at radius 3 is 2.67 bits per heavy atom. The summed E-state index contributed by atoms with van der Waals surface area (Å²) in [6, 6.07) is 7.21. The summed E-state index contributed by atoms with van der Waals surface area (Å²) in [6.07, 6.45) is 4.74. The van der Waals surface area contributed by atoms with Crippen LogP contribution < -0.4 is 10.6 Å².